The lowest BCUT2D eigenvalue weighted by Crippen LogP contribution is -2.45. The summed E-state index contributed by atoms with van der Waals surface area (Å²) >= 11 is 0. The zero-order valence-corrected chi connectivity index (χ0v) is 12.1. The maximum Gasteiger partial charge on any atom is 0.328 e. The van der Waals surface area contributed by atoms with E-state index in [4.69, 9.17) is 5.11 Å². The van der Waals surface area contributed by atoms with E-state index in [0.29, 0.717) is 24.2 Å². The highest BCUT2D eigenvalue weighted by Crippen LogP contribution is 2.23. The molecule has 1 unspecified atom stereocenters. The molecule has 1 saturated heterocycles. The van der Waals surface area contributed by atoms with Gasteiger partial charge in [0.05, 0.1) is 5.60 Å². The second-order valence-electron chi connectivity index (χ2n) is 5.83. The van der Waals surface area contributed by atoms with Gasteiger partial charge in [0.25, 0.3) is 0 Å². The van der Waals surface area contributed by atoms with Gasteiger partial charge in [-0.05, 0) is 44.0 Å². The summed E-state index contributed by atoms with van der Waals surface area (Å²) in [5.74, 6) is -1.41. The van der Waals surface area contributed by atoms with Crippen LogP contribution in [0.2, 0.25) is 0 Å². The van der Waals surface area contributed by atoms with Gasteiger partial charge in [0.15, 0.2) is 0 Å². The normalized spacial score (nSPS) is 23.6. The van der Waals surface area contributed by atoms with Crippen molar-refractivity contribution >= 4 is 12.0 Å². The number of piperidine rings is 1. The van der Waals surface area contributed by atoms with Gasteiger partial charge < -0.3 is 10.2 Å². The summed E-state index contributed by atoms with van der Waals surface area (Å²) in [4.78, 5) is 12.5. The highest BCUT2D eigenvalue weighted by molar-refractivity contribution is 5.85. The van der Waals surface area contributed by atoms with Crippen molar-refractivity contribution in [2.45, 2.75) is 31.9 Å². The van der Waals surface area contributed by atoms with Crippen molar-refractivity contribution in [3.63, 3.8) is 0 Å². The van der Waals surface area contributed by atoms with Crippen LogP contribution in [-0.2, 0) is 11.3 Å². The number of hydrogen-bond donors (Lipinski definition) is 2. The Bertz CT molecular complexity index is 554. The monoisotopic (exact) mass is 293 g/mol. The Kier molecular flexibility index (Phi) is 4.75. The molecule has 1 aliphatic rings. The van der Waals surface area contributed by atoms with Crippen LogP contribution in [0.15, 0.2) is 24.3 Å². The second-order valence-corrected chi connectivity index (χ2v) is 5.83. The number of rotatable bonds is 4. The van der Waals surface area contributed by atoms with Gasteiger partial charge >= 0.3 is 5.97 Å². The van der Waals surface area contributed by atoms with Crippen LogP contribution < -0.4 is 0 Å². The van der Waals surface area contributed by atoms with Crippen LogP contribution in [0.25, 0.3) is 6.08 Å². The number of carbonyl (C=O) groups is 1. The Labute approximate surface area is 123 Å². The highest BCUT2D eigenvalue weighted by atomic mass is 19.1. The van der Waals surface area contributed by atoms with Gasteiger partial charge in [-0.25, -0.2) is 9.18 Å². The number of carboxylic acid groups (broad SMARTS) is 1. The molecule has 1 aliphatic heterocycles. The third-order valence-electron chi connectivity index (χ3n) is 3.64. The molecule has 0 radical (unpaired) electrons. The zero-order valence-electron chi connectivity index (χ0n) is 12.1. The quantitative estimate of drug-likeness (QED) is 0.836. The fraction of sp³-hybridized carbons (Fsp3) is 0.438. The number of benzene rings is 1. The summed E-state index contributed by atoms with van der Waals surface area (Å²) in [7, 11) is 0. The number of halogens is 1. The van der Waals surface area contributed by atoms with Gasteiger partial charge in [0, 0.05) is 24.7 Å². The van der Waals surface area contributed by atoms with Crippen molar-refractivity contribution in [3.8, 4) is 0 Å². The Morgan fingerprint density at radius 3 is 2.90 bits per heavy atom. The number of nitrogens with zero attached hydrogens (tertiary/aromatic N) is 1. The van der Waals surface area contributed by atoms with Crippen LogP contribution in [-0.4, -0.2) is 39.8 Å². The molecule has 1 heterocycles. The van der Waals surface area contributed by atoms with Gasteiger partial charge in [-0.2, -0.15) is 0 Å². The Hall–Kier alpha value is -1.72. The fourth-order valence-corrected chi connectivity index (χ4v) is 2.66. The molecule has 1 fully saturated rings. The molecular formula is C16H20FNO3. The number of carboxylic acids is 1. The summed E-state index contributed by atoms with van der Waals surface area (Å²) in [5, 5.41) is 18.6. The molecule has 0 spiro atoms. The van der Waals surface area contributed by atoms with Crippen molar-refractivity contribution in [2.24, 2.45) is 0 Å². The van der Waals surface area contributed by atoms with Gasteiger partial charge in [-0.1, -0.05) is 12.1 Å². The van der Waals surface area contributed by atoms with E-state index in [2.05, 4.69) is 0 Å². The van der Waals surface area contributed by atoms with E-state index >= 15 is 0 Å². The molecule has 0 amide bonds. The molecular weight excluding hydrogens is 273 g/mol. The molecule has 1 atom stereocenters. The van der Waals surface area contributed by atoms with Crippen LogP contribution in [0.3, 0.4) is 0 Å². The predicted molar refractivity (Wildman–Crippen MR) is 78.2 cm³/mol. The van der Waals surface area contributed by atoms with Crippen LogP contribution >= 0.6 is 0 Å². The van der Waals surface area contributed by atoms with E-state index in [9.17, 15) is 14.3 Å². The standard InChI is InChI=1S/C16H20FNO3/c1-16(21)7-2-8-18(11-16)10-13-5-3-12(9-14(13)17)4-6-15(19)20/h3-6,9,21H,2,7-8,10-11H2,1H3,(H,19,20)/b6-4+. The average molecular weight is 293 g/mol. The number of aliphatic carboxylic acids is 1. The average Bonchev–Trinajstić information content (AvgIpc) is 2.38. The number of aliphatic hydroxyl groups is 1. The third-order valence-corrected chi connectivity index (χ3v) is 3.64. The first-order valence-corrected chi connectivity index (χ1v) is 7.00. The lowest BCUT2D eigenvalue weighted by atomic mass is 9.95. The summed E-state index contributed by atoms with van der Waals surface area (Å²) in [6.07, 6.45) is 4.01. The second kappa shape index (κ2) is 6.37. The van der Waals surface area contributed by atoms with Crippen LogP contribution in [0.5, 0.6) is 0 Å². The Balaban J connectivity index is 2.05. The first-order valence-electron chi connectivity index (χ1n) is 7.00. The topological polar surface area (TPSA) is 60.8 Å². The smallest absolute Gasteiger partial charge is 0.328 e. The van der Waals surface area contributed by atoms with Gasteiger partial charge in [-0.15, -0.1) is 0 Å². The summed E-state index contributed by atoms with van der Waals surface area (Å²) in [6.45, 7) is 3.63. The molecule has 2 rings (SSSR count). The number of hydrogen-bond acceptors (Lipinski definition) is 3. The number of likely N-dealkylation sites (tertiary alicyclic amines) is 1. The zero-order chi connectivity index (χ0) is 15.5. The Morgan fingerprint density at radius 1 is 1.52 bits per heavy atom. The largest absolute Gasteiger partial charge is 0.478 e. The van der Waals surface area contributed by atoms with Gasteiger partial charge in [0.1, 0.15) is 5.82 Å². The van der Waals surface area contributed by atoms with Crippen LogP contribution in [0, 0.1) is 5.82 Å². The molecule has 0 aliphatic carbocycles. The van der Waals surface area contributed by atoms with Crippen molar-refractivity contribution in [1.82, 2.24) is 4.90 Å². The number of β-amino-alcohol motifs (C(OH)–C–C–N with tert-alkyl or cyclic N) is 1. The molecule has 4 nitrogen and oxygen atoms in total. The molecule has 1 aromatic rings. The van der Waals surface area contributed by atoms with Gasteiger partial charge in [0.2, 0.25) is 0 Å². The lowest BCUT2D eigenvalue weighted by Gasteiger charge is -2.36. The predicted octanol–water partition coefficient (Wildman–Crippen LogP) is 2.27. The Morgan fingerprint density at radius 2 is 2.29 bits per heavy atom. The van der Waals surface area contributed by atoms with E-state index in [1.54, 1.807) is 19.1 Å². The third kappa shape index (κ3) is 4.65. The van der Waals surface area contributed by atoms with Crippen molar-refractivity contribution in [1.29, 1.82) is 0 Å². The first kappa shape index (κ1) is 15.7. The van der Waals surface area contributed by atoms with E-state index < -0.39 is 11.6 Å². The molecule has 5 heteroatoms. The maximum atomic E-state index is 14.1. The molecule has 0 saturated carbocycles. The minimum Gasteiger partial charge on any atom is -0.478 e. The molecule has 1 aromatic carbocycles. The minimum atomic E-state index is -1.06. The fourth-order valence-electron chi connectivity index (χ4n) is 2.66. The van der Waals surface area contributed by atoms with E-state index in [1.165, 1.54) is 12.1 Å². The molecule has 0 aromatic heterocycles. The van der Waals surface area contributed by atoms with E-state index in [-0.39, 0.29) is 5.82 Å². The van der Waals surface area contributed by atoms with Crippen molar-refractivity contribution < 1.29 is 19.4 Å². The van der Waals surface area contributed by atoms with Gasteiger partial charge in [-0.3, -0.25) is 4.90 Å². The van der Waals surface area contributed by atoms with E-state index in [1.807, 2.05) is 4.90 Å². The highest BCUT2D eigenvalue weighted by Gasteiger charge is 2.28. The summed E-state index contributed by atoms with van der Waals surface area (Å²) < 4.78 is 14.1. The lowest BCUT2D eigenvalue weighted by molar-refractivity contribution is -0.131. The first-order chi connectivity index (χ1) is 9.85. The maximum absolute atomic E-state index is 14.1. The molecule has 0 bridgehead atoms. The molecule has 2 N–H and O–H groups in total. The SMILES string of the molecule is CC1(O)CCCN(Cc2ccc(/C=C/C(=O)O)cc2F)C1. The van der Waals surface area contributed by atoms with Crippen molar-refractivity contribution in [2.75, 3.05) is 13.1 Å². The summed E-state index contributed by atoms with van der Waals surface area (Å²) in [5.41, 5.74) is 0.364. The molecule has 114 valence electrons. The van der Waals surface area contributed by atoms with Crippen LogP contribution in [0.1, 0.15) is 30.9 Å². The van der Waals surface area contributed by atoms with E-state index in [0.717, 1.165) is 25.5 Å². The minimum absolute atomic E-state index is 0.354. The molecule has 21 heavy (non-hydrogen) atoms. The van der Waals surface area contributed by atoms with Crippen LogP contribution in [0.4, 0.5) is 4.39 Å². The van der Waals surface area contributed by atoms with Crippen molar-refractivity contribution in [3.05, 3.63) is 41.2 Å². The summed E-state index contributed by atoms with van der Waals surface area (Å²) in [6, 6.07) is 4.69.